The highest BCUT2D eigenvalue weighted by Gasteiger charge is 2.08. The summed E-state index contributed by atoms with van der Waals surface area (Å²) >= 11 is 3.47. The molecule has 0 saturated heterocycles. The number of hydrogen-bond donors (Lipinski definition) is 0. The SMILES string of the molecule is Cc1ccc(S(=O)(=O)[O-])cc1.Cc1cccc[n+]1-c1cccc(Br)c1. The van der Waals surface area contributed by atoms with Gasteiger partial charge < -0.3 is 4.55 Å². The minimum Gasteiger partial charge on any atom is -0.744 e. The monoisotopic (exact) mass is 419 g/mol. The summed E-state index contributed by atoms with van der Waals surface area (Å²) < 4.78 is 34.4. The summed E-state index contributed by atoms with van der Waals surface area (Å²) in [5, 5.41) is 0. The lowest BCUT2D eigenvalue weighted by atomic mass is 10.2. The highest BCUT2D eigenvalue weighted by Crippen LogP contribution is 2.11. The number of pyridine rings is 1. The van der Waals surface area contributed by atoms with Crippen molar-refractivity contribution in [3.8, 4) is 5.69 Å². The van der Waals surface area contributed by atoms with Crippen molar-refractivity contribution in [3.05, 3.63) is 88.7 Å². The minimum absolute atomic E-state index is 0.178. The lowest BCUT2D eigenvalue weighted by molar-refractivity contribution is -0.602. The van der Waals surface area contributed by atoms with Gasteiger partial charge >= 0.3 is 0 Å². The Morgan fingerprint density at radius 2 is 1.60 bits per heavy atom. The van der Waals surface area contributed by atoms with Crippen LogP contribution in [0.4, 0.5) is 0 Å². The zero-order chi connectivity index (χ0) is 18.4. The molecule has 0 aliphatic heterocycles. The molecule has 0 N–H and O–H groups in total. The van der Waals surface area contributed by atoms with Crippen molar-refractivity contribution in [1.29, 1.82) is 0 Å². The maximum absolute atomic E-state index is 10.4. The smallest absolute Gasteiger partial charge is 0.211 e. The highest BCUT2D eigenvalue weighted by atomic mass is 79.9. The standard InChI is InChI=1S/C12H11BrN.C7H8O3S/c1-10-5-2-3-8-14(10)12-7-4-6-11(13)9-12;1-6-2-4-7(5-3-6)11(8,9)10/h2-9H,1H3;2-5H,1H3,(H,8,9,10)/q+1;/p-1. The molecule has 0 amide bonds. The molecular formula is C19H18BrNO3S. The second-order valence-electron chi connectivity index (χ2n) is 5.46. The van der Waals surface area contributed by atoms with Crippen LogP contribution in [0.1, 0.15) is 11.3 Å². The van der Waals surface area contributed by atoms with E-state index >= 15 is 0 Å². The Morgan fingerprint density at radius 1 is 0.920 bits per heavy atom. The van der Waals surface area contributed by atoms with Gasteiger partial charge in [-0.15, -0.1) is 0 Å². The summed E-state index contributed by atoms with van der Waals surface area (Å²) in [7, 11) is -4.27. The predicted molar refractivity (Wildman–Crippen MR) is 99.6 cm³/mol. The van der Waals surface area contributed by atoms with Crippen molar-refractivity contribution >= 4 is 26.0 Å². The van der Waals surface area contributed by atoms with Crippen molar-refractivity contribution in [1.82, 2.24) is 0 Å². The summed E-state index contributed by atoms with van der Waals surface area (Å²) in [6, 6.07) is 20.2. The fourth-order valence-electron chi connectivity index (χ4n) is 2.15. The number of benzene rings is 2. The van der Waals surface area contributed by atoms with Gasteiger partial charge in [0.1, 0.15) is 10.1 Å². The number of halogens is 1. The minimum atomic E-state index is -4.27. The third kappa shape index (κ3) is 5.77. The van der Waals surface area contributed by atoms with Crippen LogP contribution in [0.5, 0.6) is 0 Å². The van der Waals surface area contributed by atoms with E-state index in [1.807, 2.05) is 31.2 Å². The number of aryl methyl sites for hydroxylation is 2. The van der Waals surface area contributed by atoms with E-state index in [2.05, 4.69) is 51.8 Å². The molecule has 0 spiro atoms. The van der Waals surface area contributed by atoms with Gasteiger partial charge in [-0.2, -0.15) is 4.57 Å². The summed E-state index contributed by atoms with van der Waals surface area (Å²) in [5.74, 6) is 0. The van der Waals surface area contributed by atoms with Gasteiger partial charge in [-0.1, -0.05) is 45.8 Å². The Morgan fingerprint density at radius 3 is 2.16 bits per heavy atom. The first-order chi connectivity index (χ1) is 11.8. The van der Waals surface area contributed by atoms with Gasteiger partial charge in [0, 0.05) is 35.7 Å². The average Bonchev–Trinajstić information content (AvgIpc) is 2.55. The molecule has 0 bridgehead atoms. The summed E-state index contributed by atoms with van der Waals surface area (Å²) in [6.45, 7) is 3.92. The Balaban J connectivity index is 0.000000186. The fourth-order valence-corrected chi connectivity index (χ4v) is 3.01. The van der Waals surface area contributed by atoms with Crippen LogP contribution < -0.4 is 4.57 Å². The Kier molecular flexibility index (Phi) is 6.47. The van der Waals surface area contributed by atoms with Crippen LogP contribution in [0.25, 0.3) is 5.69 Å². The summed E-state index contributed by atoms with van der Waals surface area (Å²) in [6.07, 6.45) is 2.07. The molecule has 4 nitrogen and oxygen atoms in total. The van der Waals surface area contributed by atoms with Crippen molar-refractivity contribution in [2.75, 3.05) is 0 Å². The number of rotatable bonds is 2. The van der Waals surface area contributed by atoms with Crippen molar-refractivity contribution in [3.63, 3.8) is 0 Å². The molecule has 0 saturated carbocycles. The first-order valence-corrected chi connectivity index (χ1v) is 9.73. The fraction of sp³-hybridized carbons (Fsp3) is 0.105. The number of hydrogen-bond acceptors (Lipinski definition) is 3. The van der Waals surface area contributed by atoms with Gasteiger partial charge in [-0.25, -0.2) is 8.42 Å². The molecule has 0 aliphatic rings. The molecule has 0 atom stereocenters. The second-order valence-corrected chi connectivity index (χ2v) is 7.75. The van der Waals surface area contributed by atoms with Gasteiger partial charge in [-0.05, 0) is 25.1 Å². The van der Waals surface area contributed by atoms with Gasteiger partial charge in [0.15, 0.2) is 11.9 Å². The van der Waals surface area contributed by atoms with Crippen molar-refractivity contribution < 1.29 is 17.5 Å². The van der Waals surface area contributed by atoms with Crippen LogP contribution in [0, 0.1) is 13.8 Å². The van der Waals surface area contributed by atoms with Crippen LogP contribution in [-0.2, 0) is 10.1 Å². The topological polar surface area (TPSA) is 61.1 Å². The molecular weight excluding hydrogens is 402 g/mol. The van der Waals surface area contributed by atoms with Crippen LogP contribution in [-0.4, -0.2) is 13.0 Å². The lowest BCUT2D eigenvalue weighted by Crippen LogP contribution is -2.33. The Labute approximate surface area is 156 Å². The van der Waals surface area contributed by atoms with E-state index in [9.17, 15) is 13.0 Å². The molecule has 1 heterocycles. The normalized spacial score (nSPS) is 10.7. The van der Waals surface area contributed by atoms with Gasteiger partial charge in [0.05, 0.1) is 4.90 Å². The summed E-state index contributed by atoms with van der Waals surface area (Å²) in [5.41, 5.74) is 3.33. The van der Waals surface area contributed by atoms with E-state index in [4.69, 9.17) is 0 Å². The molecule has 2 aromatic carbocycles. The molecule has 0 radical (unpaired) electrons. The Bertz CT molecular complexity index is 954. The van der Waals surface area contributed by atoms with Crippen LogP contribution in [0.2, 0.25) is 0 Å². The third-order valence-electron chi connectivity index (χ3n) is 3.46. The molecule has 6 heteroatoms. The maximum Gasteiger partial charge on any atom is 0.211 e. The number of aromatic nitrogens is 1. The molecule has 1 aromatic heterocycles. The summed E-state index contributed by atoms with van der Waals surface area (Å²) in [4.78, 5) is -0.178. The van der Waals surface area contributed by atoms with Crippen molar-refractivity contribution in [2.45, 2.75) is 18.7 Å². The van der Waals surface area contributed by atoms with Crippen LogP contribution in [0.15, 0.2) is 82.3 Å². The van der Waals surface area contributed by atoms with E-state index in [1.54, 1.807) is 12.1 Å². The average molecular weight is 420 g/mol. The van der Waals surface area contributed by atoms with E-state index in [0.717, 1.165) is 10.0 Å². The van der Waals surface area contributed by atoms with Crippen molar-refractivity contribution in [2.24, 2.45) is 0 Å². The Hall–Kier alpha value is -2.02. The molecule has 3 aromatic rings. The molecule has 130 valence electrons. The van der Waals surface area contributed by atoms with E-state index in [1.165, 1.54) is 23.5 Å². The van der Waals surface area contributed by atoms with E-state index in [-0.39, 0.29) is 4.90 Å². The molecule has 25 heavy (non-hydrogen) atoms. The first kappa shape index (κ1) is 19.3. The molecule has 3 rings (SSSR count). The van der Waals surface area contributed by atoms with Crippen LogP contribution >= 0.6 is 15.9 Å². The molecule has 0 unspecified atom stereocenters. The van der Waals surface area contributed by atoms with Gasteiger partial charge in [0.2, 0.25) is 5.69 Å². The first-order valence-electron chi connectivity index (χ1n) is 7.53. The number of nitrogens with zero attached hydrogens (tertiary/aromatic N) is 1. The predicted octanol–water partition coefficient (Wildman–Crippen LogP) is 3.93. The second kappa shape index (κ2) is 8.38. The highest BCUT2D eigenvalue weighted by molar-refractivity contribution is 9.10. The zero-order valence-electron chi connectivity index (χ0n) is 13.9. The maximum atomic E-state index is 10.4. The largest absolute Gasteiger partial charge is 0.744 e. The van der Waals surface area contributed by atoms with Gasteiger partial charge in [0.25, 0.3) is 0 Å². The van der Waals surface area contributed by atoms with Gasteiger partial charge in [-0.3, -0.25) is 0 Å². The third-order valence-corrected chi connectivity index (χ3v) is 4.80. The van der Waals surface area contributed by atoms with E-state index < -0.39 is 10.1 Å². The molecule has 0 aliphatic carbocycles. The zero-order valence-corrected chi connectivity index (χ0v) is 16.3. The van der Waals surface area contributed by atoms with E-state index in [0.29, 0.717) is 0 Å². The molecule has 0 fully saturated rings. The van der Waals surface area contributed by atoms with Crippen LogP contribution in [0.3, 0.4) is 0 Å². The quantitative estimate of drug-likeness (QED) is 0.466. The lowest BCUT2D eigenvalue weighted by Gasteiger charge is -2.05.